The van der Waals surface area contributed by atoms with Gasteiger partial charge in [0.05, 0.1) is 0 Å². The smallest absolute Gasteiger partial charge is 0.406 e. The Balaban J connectivity index is 1.71. The number of carbonyl (C=O) groups is 2. The van der Waals surface area contributed by atoms with Gasteiger partial charge >= 0.3 is 6.36 Å². The SMILES string of the molecule is CN(Cc1ccc(OC(F)(F)F)cc1)C(=O)CCCNC(=O)c1ccccc1. The molecule has 0 atom stereocenters. The molecule has 0 heterocycles. The Labute approximate surface area is 161 Å². The molecule has 2 aromatic rings. The summed E-state index contributed by atoms with van der Waals surface area (Å²) in [5.41, 5.74) is 1.24. The molecule has 5 nitrogen and oxygen atoms in total. The average molecular weight is 394 g/mol. The fourth-order valence-electron chi connectivity index (χ4n) is 2.48. The van der Waals surface area contributed by atoms with Gasteiger partial charge in [-0.15, -0.1) is 13.2 Å². The van der Waals surface area contributed by atoms with Crippen molar-refractivity contribution in [2.75, 3.05) is 13.6 Å². The lowest BCUT2D eigenvalue weighted by atomic mass is 10.2. The molecular formula is C20H21F3N2O3. The fourth-order valence-corrected chi connectivity index (χ4v) is 2.48. The van der Waals surface area contributed by atoms with E-state index in [-0.39, 0.29) is 30.5 Å². The Morgan fingerprint density at radius 2 is 1.68 bits per heavy atom. The molecule has 8 heteroatoms. The Morgan fingerprint density at radius 1 is 1.04 bits per heavy atom. The first-order valence-electron chi connectivity index (χ1n) is 8.66. The van der Waals surface area contributed by atoms with E-state index in [1.165, 1.54) is 29.2 Å². The predicted molar refractivity (Wildman–Crippen MR) is 97.6 cm³/mol. The first-order valence-corrected chi connectivity index (χ1v) is 8.66. The summed E-state index contributed by atoms with van der Waals surface area (Å²) in [5.74, 6) is -0.619. The van der Waals surface area contributed by atoms with Crippen molar-refractivity contribution in [2.45, 2.75) is 25.7 Å². The molecular weight excluding hydrogens is 373 g/mol. The minimum absolute atomic E-state index is 0.121. The number of benzene rings is 2. The first kappa shape index (κ1) is 21.3. The maximum atomic E-state index is 12.2. The maximum Gasteiger partial charge on any atom is 0.573 e. The molecule has 0 saturated carbocycles. The van der Waals surface area contributed by atoms with E-state index in [4.69, 9.17) is 0 Å². The minimum Gasteiger partial charge on any atom is -0.406 e. The molecule has 0 aromatic heterocycles. The van der Waals surface area contributed by atoms with Gasteiger partial charge < -0.3 is 15.0 Å². The third kappa shape index (κ3) is 7.30. The number of nitrogens with zero attached hydrogens (tertiary/aromatic N) is 1. The number of halogens is 3. The predicted octanol–water partition coefficient (Wildman–Crippen LogP) is 3.75. The summed E-state index contributed by atoms with van der Waals surface area (Å²) < 4.78 is 40.3. The Hall–Kier alpha value is -3.03. The Morgan fingerprint density at radius 3 is 2.29 bits per heavy atom. The van der Waals surface area contributed by atoms with E-state index >= 15 is 0 Å². The van der Waals surface area contributed by atoms with Crippen LogP contribution in [0.1, 0.15) is 28.8 Å². The van der Waals surface area contributed by atoms with Crippen molar-refractivity contribution in [3.63, 3.8) is 0 Å². The van der Waals surface area contributed by atoms with Crippen LogP contribution in [-0.2, 0) is 11.3 Å². The van der Waals surface area contributed by atoms with Crippen LogP contribution in [0.15, 0.2) is 54.6 Å². The van der Waals surface area contributed by atoms with Crippen LogP contribution in [0.4, 0.5) is 13.2 Å². The van der Waals surface area contributed by atoms with Crippen LogP contribution in [-0.4, -0.2) is 36.7 Å². The zero-order valence-corrected chi connectivity index (χ0v) is 15.3. The molecule has 0 saturated heterocycles. The maximum absolute atomic E-state index is 12.2. The molecule has 0 aliphatic carbocycles. The van der Waals surface area contributed by atoms with Crippen molar-refractivity contribution >= 4 is 11.8 Å². The molecule has 2 amide bonds. The molecule has 0 aliphatic rings. The standard InChI is InChI=1S/C20H21F3N2O3/c1-25(14-15-9-11-17(12-10-15)28-20(21,22)23)18(26)8-5-13-24-19(27)16-6-3-2-4-7-16/h2-4,6-7,9-12H,5,8,13-14H2,1H3,(H,24,27). The molecule has 2 aromatic carbocycles. The zero-order valence-electron chi connectivity index (χ0n) is 15.3. The second-order valence-electron chi connectivity index (χ2n) is 6.17. The van der Waals surface area contributed by atoms with Crippen LogP contribution >= 0.6 is 0 Å². The van der Waals surface area contributed by atoms with Gasteiger partial charge in [-0.1, -0.05) is 30.3 Å². The number of amides is 2. The lowest BCUT2D eigenvalue weighted by Gasteiger charge is -2.18. The molecule has 150 valence electrons. The third-order valence-corrected chi connectivity index (χ3v) is 3.89. The van der Waals surface area contributed by atoms with Gasteiger partial charge in [0, 0.05) is 32.1 Å². The van der Waals surface area contributed by atoms with Crippen LogP contribution < -0.4 is 10.1 Å². The van der Waals surface area contributed by atoms with Crippen molar-refractivity contribution in [3.05, 3.63) is 65.7 Å². The van der Waals surface area contributed by atoms with Crippen molar-refractivity contribution < 1.29 is 27.5 Å². The summed E-state index contributed by atoms with van der Waals surface area (Å²) in [4.78, 5) is 25.5. The monoisotopic (exact) mass is 394 g/mol. The summed E-state index contributed by atoms with van der Waals surface area (Å²) in [6, 6.07) is 14.2. The highest BCUT2D eigenvalue weighted by molar-refractivity contribution is 5.94. The van der Waals surface area contributed by atoms with Crippen LogP contribution in [0.2, 0.25) is 0 Å². The summed E-state index contributed by atoms with van der Waals surface area (Å²) in [6.45, 7) is 0.637. The number of carbonyl (C=O) groups excluding carboxylic acids is 2. The van der Waals surface area contributed by atoms with Gasteiger partial charge in [0.15, 0.2) is 0 Å². The van der Waals surface area contributed by atoms with E-state index in [0.29, 0.717) is 24.1 Å². The zero-order chi connectivity index (χ0) is 20.6. The van der Waals surface area contributed by atoms with Crippen molar-refractivity contribution in [3.8, 4) is 5.75 Å². The minimum atomic E-state index is -4.73. The van der Waals surface area contributed by atoms with Gasteiger partial charge in [-0.05, 0) is 36.2 Å². The highest BCUT2D eigenvalue weighted by Crippen LogP contribution is 2.23. The number of alkyl halides is 3. The normalized spacial score (nSPS) is 11.0. The van der Waals surface area contributed by atoms with Crippen molar-refractivity contribution in [1.29, 1.82) is 0 Å². The summed E-state index contributed by atoms with van der Waals surface area (Å²) >= 11 is 0. The van der Waals surface area contributed by atoms with E-state index in [0.717, 1.165) is 0 Å². The molecule has 0 fully saturated rings. The summed E-state index contributed by atoms with van der Waals surface area (Å²) in [7, 11) is 1.62. The largest absolute Gasteiger partial charge is 0.573 e. The van der Waals surface area contributed by atoms with E-state index in [2.05, 4.69) is 10.1 Å². The molecule has 28 heavy (non-hydrogen) atoms. The summed E-state index contributed by atoms with van der Waals surface area (Å²) in [6.07, 6.45) is -3.99. The highest BCUT2D eigenvalue weighted by Gasteiger charge is 2.30. The van der Waals surface area contributed by atoms with Gasteiger partial charge in [-0.2, -0.15) is 0 Å². The fraction of sp³-hybridized carbons (Fsp3) is 0.300. The number of rotatable bonds is 8. The van der Waals surface area contributed by atoms with E-state index in [1.54, 1.807) is 31.3 Å². The van der Waals surface area contributed by atoms with E-state index < -0.39 is 6.36 Å². The van der Waals surface area contributed by atoms with Crippen molar-refractivity contribution in [1.82, 2.24) is 10.2 Å². The topological polar surface area (TPSA) is 58.6 Å². The van der Waals surface area contributed by atoms with Crippen LogP contribution in [0, 0.1) is 0 Å². The van der Waals surface area contributed by atoms with Crippen LogP contribution in [0.3, 0.4) is 0 Å². The number of hydrogen-bond acceptors (Lipinski definition) is 3. The molecule has 0 unspecified atom stereocenters. The Bertz CT molecular complexity index is 778. The molecule has 1 N–H and O–H groups in total. The average Bonchev–Trinajstić information content (AvgIpc) is 2.66. The Kier molecular flexibility index (Phi) is 7.43. The van der Waals surface area contributed by atoms with Gasteiger partial charge in [0.2, 0.25) is 5.91 Å². The van der Waals surface area contributed by atoms with Gasteiger partial charge in [-0.25, -0.2) is 0 Å². The first-order chi connectivity index (χ1) is 13.2. The summed E-state index contributed by atoms with van der Waals surface area (Å²) in [5, 5.41) is 2.75. The number of ether oxygens (including phenoxy) is 1. The molecule has 2 rings (SSSR count). The molecule has 0 spiro atoms. The van der Waals surface area contributed by atoms with Crippen molar-refractivity contribution in [2.24, 2.45) is 0 Å². The molecule has 0 bridgehead atoms. The second-order valence-corrected chi connectivity index (χ2v) is 6.17. The van der Waals surface area contributed by atoms with Gasteiger partial charge in [-0.3, -0.25) is 9.59 Å². The lowest BCUT2D eigenvalue weighted by Crippen LogP contribution is -2.28. The second kappa shape index (κ2) is 9.77. The van der Waals surface area contributed by atoms with Crippen LogP contribution in [0.25, 0.3) is 0 Å². The number of hydrogen-bond donors (Lipinski definition) is 1. The molecule has 0 radical (unpaired) electrons. The third-order valence-electron chi connectivity index (χ3n) is 3.89. The number of nitrogens with one attached hydrogen (secondary N) is 1. The van der Waals surface area contributed by atoms with E-state index in [1.807, 2.05) is 6.07 Å². The van der Waals surface area contributed by atoms with E-state index in [9.17, 15) is 22.8 Å². The quantitative estimate of drug-likeness (QED) is 0.694. The molecule has 0 aliphatic heterocycles. The van der Waals surface area contributed by atoms with Crippen LogP contribution in [0.5, 0.6) is 5.75 Å². The van der Waals surface area contributed by atoms with Gasteiger partial charge in [0.25, 0.3) is 5.91 Å². The lowest BCUT2D eigenvalue weighted by molar-refractivity contribution is -0.274. The van der Waals surface area contributed by atoms with Gasteiger partial charge in [0.1, 0.15) is 5.75 Å². The highest BCUT2D eigenvalue weighted by atomic mass is 19.4.